The predicted molar refractivity (Wildman–Crippen MR) is 179 cm³/mol. The van der Waals surface area contributed by atoms with Gasteiger partial charge < -0.3 is 18.9 Å². The van der Waals surface area contributed by atoms with Gasteiger partial charge in [-0.05, 0) is 76.8 Å². The second-order valence-electron chi connectivity index (χ2n) is 10.3. The van der Waals surface area contributed by atoms with E-state index in [0.29, 0.717) is 65.4 Å². The molecule has 1 aliphatic rings. The van der Waals surface area contributed by atoms with E-state index >= 15 is 0 Å². The first-order valence-electron chi connectivity index (χ1n) is 14.7. The molecule has 1 aromatic heterocycles. The number of esters is 1. The fourth-order valence-electron chi connectivity index (χ4n) is 5.24. The molecule has 46 heavy (non-hydrogen) atoms. The van der Waals surface area contributed by atoms with Crippen LogP contribution in [0.4, 0.5) is 0 Å². The van der Waals surface area contributed by atoms with Crippen molar-refractivity contribution < 1.29 is 23.7 Å². The third-order valence-corrected chi connectivity index (χ3v) is 8.99. The zero-order valence-corrected chi connectivity index (χ0v) is 28.2. The Labute approximate surface area is 278 Å². The summed E-state index contributed by atoms with van der Waals surface area (Å²) >= 11 is 4.81. The van der Waals surface area contributed by atoms with Gasteiger partial charge in [-0.1, -0.05) is 55.0 Å². The lowest BCUT2D eigenvalue weighted by Crippen LogP contribution is -2.40. The average molecular weight is 703 g/mol. The molecule has 4 aromatic rings. The number of thiazole rings is 1. The Bertz CT molecular complexity index is 2040. The SMILES string of the molecule is CCCC1=C(C(=O)OCC)[C@H](c2ccc(OC)c(Br)c2)n2c(s/c(=C/c3ccc(OCc4ccccc4C#N)c(OC)c3)c2=O)=N1. The van der Waals surface area contributed by atoms with Crippen LogP contribution < -0.4 is 29.1 Å². The molecule has 5 rings (SSSR count). The van der Waals surface area contributed by atoms with E-state index in [1.165, 1.54) is 11.3 Å². The molecule has 0 saturated carbocycles. The minimum atomic E-state index is -0.747. The number of carbonyl (C=O) groups is 1. The number of nitriles is 1. The molecule has 0 saturated heterocycles. The van der Waals surface area contributed by atoms with Crippen LogP contribution in [0.5, 0.6) is 17.2 Å². The van der Waals surface area contributed by atoms with Crippen molar-refractivity contribution in [2.24, 2.45) is 4.99 Å². The van der Waals surface area contributed by atoms with E-state index in [0.717, 1.165) is 12.0 Å². The topological polar surface area (TPSA) is 112 Å². The van der Waals surface area contributed by atoms with Gasteiger partial charge in [-0.15, -0.1) is 0 Å². The van der Waals surface area contributed by atoms with Crippen molar-refractivity contribution >= 4 is 39.3 Å². The average Bonchev–Trinajstić information content (AvgIpc) is 3.37. The largest absolute Gasteiger partial charge is 0.496 e. The number of fused-ring (bicyclic) bond motifs is 1. The highest BCUT2D eigenvalue weighted by atomic mass is 79.9. The van der Waals surface area contributed by atoms with Crippen molar-refractivity contribution in [3.8, 4) is 23.3 Å². The molecule has 1 aliphatic heterocycles. The van der Waals surface area contributed by atoms with Crippen LogP contribution in [0.2, 0.25) is 0 Å². The Kier molecular flexibility index (Phi) is 10.4. The highest BCUT2D eigenvalue weighted by molar-refractivity contribution is 9.10. The third kappa shape index (κ3) is 6.64. The summed E-state index contributed by atoms with van der Waals surface area (Å²) in [4.78, 5) is 32.9. The van der Waals surface area contributed by atoms with Crippen LogP contribution in [0.1, 0.15) is 55.0 Å². The summed E-state index contributed by atoms with van der Waals surface area (Å²) in [6.07, 6.45) is 3.08. The quantitative estimate of drug-likeness (QED) is 0.182. The molecule has 0 fully saturated rings. The number of aromatic nitrogens is 1. The summed E-state index contributed by atoms with van der Waals surface area (Å²) in [5.41, 5.74) is 3.41. The first kappa shape index (κ1) is 32.7. The van der Waals surface area contributed by atoms with Gasteiger partial charge in [0.25, 0.3) is 5.56 Å². The first-order chi connectivity index (χ1) is 22.3. The normalized spacial score (nSPS) is 14.3. The van der Waals surface area contributed by atoms with Crippen molar-refractivity contribution in [1.82, 2.24) is 4.57 Å². The number of nitrogens with zero attached hydrogens (tertiary/aromatic N) is 3. The minimum Gasteiger partial charge on any atom is -0.496 e. The number of hydrogen-bond acceptors (Lipinski definition) is 9. The fraction of sp³-hybridized carbons (Fsp3) is 0.257. The van der Waals surface area contributed by atoms with Crippen LogP contribution in [0.25, 0.3) is 6.08 Å². The van der Waals surface area contributed by atoms with Crippen LogP contribution in [0.3, 0.4) is 0 Å². The molecule has 3 aromatic carbocycles. The summed E-state index contributed by atoms with van der Waals surface area (Å²) in [5, 5.41) is 9.40. The van der Waals surface area contributed by atoms with Gasteiger partial charge >= 0.3 is 5.97 Å². The maximum absolute atomic E-state index is 14.1. The summed E-state index contributed by atoms with van der Waals surface area (Å²) in [6.45, 7) is 4.16. The van der Waals surface area contributed by atoms with Gasteiger partial charge in [-0.25, -0.2) is 9.79 Å². The number of hydrogen-bond donors (Lipinski definition) is 0. The Morgan fingerprint density at radius 3 is 2.52 bits per heavy atom. The molecule has 2 heterocycles. The molecule has 1 atom stereocenters. The minimum absolute atomic E-state index is 0.192. The van der Waals surface area contributed by atoms with Crippen LogP contribution in [0.15, 0.2) is 86.2 Å². The van der Waals surface area contributed by atoms with Crippen molar-refractivity contribution in [2.75, 3.05) is 20.8 Å². The lowest BCUT2D eigenvalue weighted by molar-refractivity contribution is -0.139. The number of allylic oxidation sites excluding steroid dienone is 1. The number of methoxy groups -OCH3 is 2. The highest BCUT2D eigenvalue weighted by Gasteiger charge is 2.34. The highest BCUT2D eigenvalue weighted by Crippen LogP contribution is 2.36. The van der Waals surface area contributed by atoms with Crippen LogP contribution in [-0.4, -0.2) is 31.4 Å². The Balaban J connectivity index is 1.59. The van der Waals surface area contributed by atoms with E-state index in [1.54, 1.807) is 56.1 Å². The van der Waals surface area contributed by atoms with Crippen LogP contribution in [-0.2, 0) is 16.1 Å². The Morgan fingerprint density at radius 1 is 1.07 bits per heavy atom. The van der Waals surface area contributed by atoms with Gasteiger partial charge in [-0.3, -0.25) is 9.36 Å². The van der Waals surface area contributed by atoms with Gasteiger partial charge in [-0.2, -0.15) is 5.26 Å². The molecule has 0 bridgehead atoms. The van der Waals surface area contributed by atoms with E-state index in [1.807, 2.05) is 43.3 Å². The molecule has 0 aliphatic carbocycles. The van der Waals surface area contributed by atoms with E-state index in [2.05, 4.69) is 22.0 Å². The standard InChI is InChI=1S/C35H32BrN3O6S/c1-5-9-26-31(34(41)44-6-2)32(22-13-15-27(42-3)25(36)18-22)39-33(40)30(46-35(39)38-26)17-21-12-14-28(29(16-21)43-4)45-20-24-11-8-7-10-23(24)19-37/h7-8,10-18,32H,5-6,9,20H2,1-4H3/b30-17+/t32-/m0/s1. The molecular weight excluding hydrogens is 670 g/mol. The van der Waals surface area contributed by atoms with Crippen LogP contribution in [0, 0.1) is 11.3 Å². The lowest BCUT2D eigenvalue weighted by Gasteiger charge is -2.26. The molecule has 0 unspecified atom stereocenters. The van der Waals surface area contributed by atoms with Crippen molar-refractivity contribution in [2.45, 2.75) is 39.3 Å². The van der Waals surface area contributed by atoms with Gasteiger partial charge in [0.15, 0.2) is 16.3 Å². The monoisotopic (exact) mass is 701 g/mol. The van der Waals surface area contributed by atoms with E-state index in [4.69, 9.17) is 23.9 Å². The zero-order chi connectivity index (χ0) is 32.8. The molecule has 236 valence electrons. The van der Waals surface area contributed by atoms with Gasteiger partial charge in [0.1, 0.15) is 12.4 Å². The molecule has 11 heteroatoms. The maximum atomic E-state index is 14.1. The fourth-order valence-corrected chi connectivity index (χ4v) is 6.82. The molecular formula is C35H32BrN3O6S. The smallest absolute Gasteiger partial charge is 0.338 e. The second-order valence-corrected chi connectivity index (χ2v) is 12.1. The molecule has 0 N–H and O–H groups in total. The van der Waals surface area contributed by atoms with Crippen molar-refractivity contribution in [1.29, 1.82) is 5.26 Å². The van der Waals surface area contributed by atoms with Crippen molar-refractivity contribution in [3.05, 3.63) is 118 Å². The molecule has 9 nitrogen and oxygen atoms in total. The predicted octanol–water partition coefficient (Wildman–Crippen LogP) is 5.81. The number of benzene rings is 3. The van der Waals surface area contributed by atoms with E-state index < -0.39 is 12.0 Å². The molecule has 0 spiro atoms. The zero-order valence-electron chi connectivity index (χ0n) is 25.8. The second kappa shape index (κ2) is 14.6. The number of rotatable bonds is 11. The number of ether oxygens (including phenoxy) is 4. The van der Waals surface area contributed by atoms with Gasteiger partial charge in [0, 0.05) is 5.56 Å². The maximum Gasteiger partial charge on any atom is 0.338 e. The Morgan fingerprint density at radius 2 is 1.83 bits per heavy atom. The first-order valence-corrected chi connectivity index (χ1v) is 16.3. The summed E-state index contributed by atoms with van der Waals surface area (Å²) in [5.74, 6) is 1.11. The van der Waals surface area contributed by atoms with Gasteiger partial charge in [0.05, 0.1) is 58.8 Å². The molecule has 0 amide bonds. The van der Waals surface area contributed by atoms with Crippen LogP contribution >= 0.6 is 27.3 Å². The van der Waals surface area contributed by atoms with Crippen molar-refractivity contribution in [3.63, 3.8) is 0 Å². The third-order valence-electron chi connectivity index (χ3n) is 7.39. The summed E-state index contributed by atoms with van der Waals surface area (Å²) < 4.78 is 25.2. The lowest BCUT2D eigenvalue weighted by atomic mass is 9.94. The van der Waals surface area contributed by atoms with E-state index in [9.17, 15) is 14.9 Å². The van der Waals surface area contributed by atoms with E-state index in [-0.39, 0.29) is 18.8 Å². The Hall–Kier alpha value is -4.66. The number of carbonyl (C=O) groups excluding carboxylic acids is 1. The number of halogens is 1. The van der Waals surface area contributed by atoms with Gasteiger partial charge in [0.2, 0.25) is 0 Å². The summed E-state index contributed by atoms with van der Waals surface area (Å²) in [7, 11) is 3.12. The molecule has 0 radical (unpaired) electrons. The summed E-state index contributed by atoms with van der Waals surface area (Å²) in [6, 6.07) is 19.6.